The van der Waals surface area contributed by atoms with Gasteiger partial charge < -0.3 is 16.2 Å². The third kappa shape index (κ3) is 2.12. The Labute approximate surface area is 84.0 Å². The van der Waals surface area contributed by atoms with E-state index < -0.39 is 23.5 Å². The molecule has 1 aromatic heterocycles. The number of pyridine rings is 1. The summed E-state index contributed by atoms with van der Waals surface area (Å²) in [5.74, 6) is -1.50. The van der Waals surface area contributed by atoms with E-state index in [9.17, 15) is 13.6 Å². The van der Waals surface area contributed by atoms with Crippen molar-refractivity contribution in [3.63, 3.8) is 0 Å². The molecular weight excluding hydrogens is 208 g/mol. The highest BCUT2D eigenvalue weighted by atomic mass is 19.3. The van der Waals surface area contributed by atoms with E-state index in [0.717, 1.165) is 13.2 Å². The number of aromatic nitrogens is 1. The number of carbonyl (C=O) groups excluding carboxylic acids is 1. The molecular formula is C8H9F2N3O2. The normalized spacial score (nSPS) is 10.4. The standard InChI is InChI=1S/C8H9F2N3O2/c1-15-8(14)5-3(6(9)10)2-4(11)13-7(5)12/h2,6H,1H3,(H4,11,12,13). The topological polar surface area (TPSA) is 91.2 Å². The van der Waals surface area contributed by atoms with Gasteiger partial charge in [0, 0.05) is 5.56 Å². The predicted molar refractivity (Wildman–Crippen MR) is 49.4 cm³/mol. The monoisotopic (exact) mass is 217 g/mol. The lowest BCUT2D eigenvalue weighted by Crippen LogP contribution is -2.12. The molecule has 1 heterocycles. The second-order valence-corrected chi connectivity index (χ2v) is 2.69. The SMILES string of the molecule is COC(=O)c1c(C(F)F)cc(N)nc1N. The van der Waals surface area contributed by atoms with Gasteiger partial charge in [-0.05, 0) is 6.07 Å². The molecule has 82 valence electrons. The van der Waals surface area contributed by atoms with E-state index in [4.69, 9.17) is 11.5 Å². The molecule has 1 aromatic rings. The van der Waals surface area contributed by atoms with Gasteiger partial charge in [0.1, 0.15) is 17.2 Å². The Morgan fingerprint density at radius 1 is 1.53 bits per heavy atom. The zero-order valence-corrected chi connectivity index (χ0v) is 7.83. The van der Waals surface area contributed by atoms with Crippen molar-refractivity contribution >= 4 is 17.6 Å². The number of nitrogen functional groups attached to an aromatic ring is 2. The van der Waals surface area contributed by atoms with Crippen molar-refractivity contribution in [2.75, 3.05) is 18.6 Å². The van der Waals surface area contributed by atoms with Crippen molar-refractivity contribution in [3.05, 3.63) is 17.2 Å². The van der Waals surface area contributed by atoms with Crippen LogP contribution in [0.2, 0.25) is 0 Å². The van der Waals surface area contributed by atoms with Crippen LogP contribution < -0.4 is 11.5 Å². The number of halogens is 2. The number of nitrogens with two attached hydrogens (primary N) is 2. The molecule has 0 radical (unpaired) electrons. The lowest BCUT2D eigenvalue weighted by Gasteiger charge is -2.09. The Bertz CT molecular complexity index is 396. The van der Waals surface area contributed by atoms with Crippen molar-refractivity contribution in [2.24, 2.45) is 0 Å². The van der Waals surface area contributed by atoms with E-state index in [1.54, 1.807) is 0 Å². The van der Waals surface area contributed by atoms with Gasteiger partial charge >= 0.3 is 5.97 Å². The van der Waals surface area contributed by atoms with Crippen LogP contribution in [0.25, 0.3) is 0 Å². The van der Waals surface area contributed by atoms with Gasteiger partial charge in [-0.2, -0.15) is 0 Å². The summed E-state index contributed by atoms with van der Waals surface area (Å²) in [6.07, 6.45) is -2.87. The van der Waals surface area contributed by atoms with Gasteiger partial charge in [0.05, 0.1) is 7.11 Å². The second kappa shape index (κ2) is 4.07. The van der Waals surface area contributed by atoms with Crippen LogP contribution in [0, 0.1) is 0 Å². The molecule has 0 unspecified atom stereocenters. The molecule has 0 spiro atoms. The Kier molecular flexibility index (Phi) is 3.03. The summed E-state index contributed by atoms with van der Waals surface area (Å²) in [5.41, 5.74) is 9.52. The zero-order chi connectivity index (χ0) is 11.6. The van der Waals surface area contributed by atoms with Gasteiger partial charge in [-0.15, -0.1) is 0 Å². The number of carbonyl (C=O) groups is 1. The minimum atomic E-state index is -2.87. The Morgan fingerprint density at radius 2 is 2.13 bits per heavy atom. The van der Waals surface area contributed by atoms with E-state index in [2.05, 4.69) is 9.72 Å². The summed E-state index contributed by atoms with van der Waals surface area (Å²) < 4.78 is 29.4. The summed E-state index contributed by atoms with van der Waals surface area (Å²) in [4.78, 5) is 14.7. The maximum atomic E-state index is 12.5. The van der Waals surface area contributed by atoms with Crippen LogP contribution in [0.4, 0.5) is 20.4 Å². The summed E-state index contributed by atoms with van der Waals surface area (Å²) >= 11 is 0. The van der Waals surface area contributed by atoms with E-state index in [-0.39, 0.29) is 11.6 Å². The van der Waals surface area contributed by atoms with Crippen molar-refractivity contribution in [3.8, 4) is 0 Å². The van der Waals surface area contributed by atoms with Gasteiger partial charge in [0.25, 0.3) is 6.43 Å². The first kappa shape index (κ1) is 11.2. The minimum absolute atomic E-state index is 0.171. The Balaban J connectivity index is 3.40. The van der Waals surface area contributed by atoms with Crippen LogP contribution in [0.15, 0.2) is 6.07 Å². The molecule has 0 saturated heterocycles. The largest absolute Gasteiger partial charge is 0.465 e. The fraction of sp³-hybridized carbons (Fsp3) is 0.250. The molecule has 4 N–H and O–H groups in total. The molecule has 0 aliphatic heterocycles. The molecule has 0 aromatic carbocycles. The van der Waals surface area contributed by atoms with Crippen LogP contribution in [0.5, 0.6) is 0 Å². The average molecular weight is 217 g/mol. The van der Waals surface area contributed by atoms with Crippen molar-refractivity contribution < 1.29 is 18.3 Å². The molecule has 0 aliphatic carbocycles. The molecule has 7 heteroatoms. The third-order valence-electron chi connectivity index (χ3n) is 1.72. The highest BCUT2D eigenvalue weighted by molar-refractivity contribution is 5.96. The average Bonchev–Trinajstić information content (AvgIpc) is 2.15. The number of hydrogen-bond donors (Lipinski definition) is 2. The molecule has 0 aliphatic rings. The molecule has 0 fully saturated rings. The fourth-order valence-electron chi connectivity index (χ4n) is 1.10. The highest BCUT2D eigenvalue weighted by Crippen LogP contribution is 2.28. The minimum Gasteiger partial charge on any atom is -0.465 e. The zero-order valence-electron chi connectivity index (χ0n) is 7.83. The molecule has 1 rings (SSSR count). The first-order valence-corrected chi connectivity index (χ1v) is 3.89. The predicted octanol–water partition coefficient (Wildman–Crippen LogP) is 0.970. The number of methoxy groups -OCH3 is 1. The quantitative estimate of drug-likeness (QED) is 0.720. The number of hydrogen-bond acceptors (Lipinski definition) is 5. The second-order valence-electron chi connectivity index (χ2n) is 2.69. The number of nitrogens with zero attached hydrogens (tertiary/aromatic N) is 1. The van der Waals surface area contributed by atoms with Crippen LogP contribution in [0.1, 0.15) is 22.3 Å². The fourth-order valence-corrected chi connectivity index (χ4v) is 1.10. The van der Waals surface area contributed by atoms with Crippen LogP contribution in [-0.4, -0.2) is 18.1 Å². The maximum absolute atomic E-state index is 12.5. The first-order chi connectivity index (χ1) is 6.97. The molecule has 0 amide bonds. The first-order valence-electron chi connectivity index (χ1n) is 3.89. The lowest BCUT2D eigenvalue weighted by atomic mass is 10.1. The van der Waals surface area contributed by atoms with Gasteiger partial charge in [-0.1, -0.05) is 0 Å². The van der Waals surface area contributed by atoms with Crippen LogP contribution in [-0.2, 0) is 4.74 Å². The summed E-state index contributed by atoms with van der Waals surface area (Å²) in [5, 5.41) is 0. The van der Waals surface area contributed by atoms with Crippen molar-refractivity contribution in [1.82, 2.24) is 4.98 Å². The summed E-state index contributed by atoms with van der Waals surface area (Å²) in [7, 11) is 1.06. The molecule has 5 nitrogen and oxygen atoms in total. The number of alkyl halides is 2. The van der Waals surface area contributed by atoms with Crippen LogP contribution in [0.3, 0.4) is 0 Å². The van der Waals surface area contributed by atoms with Gasteiger partial charge in [0.15, 0.2) is 0 Å². The van der Waals surface area contributed by atoms with Gasteiger partial charge in [-0.3, -0.25) is 0 Å². The lowest BCUT2D eigenvalue weighted by molar-refractivity contribution is 0.0590. The molecule has 0 atom stereocenters. The van der Waals surface area contributed by atoms with Gasteiger partial charge in [0.2, 0.25) is 0 Å². The molecule has 0 bridgehead atoms. The third-order valence-corrected chi connectivity index (χ3v) is 1.72. The van der Waals surface area contributed by atoms with E-state index >= 15 is 0 Å². The van der Waals surface area contributed by atoms with Crippen LogP contribution >= 0.6 is 0 Å². The van der Waals surface area contributed by atoms with Gasteiger partial charge in [-0.25, -0.2) is 18.6 Å². The molecule has 0 saturated carbocycles. The number of esters is 1. The highest BCUT2D eigenvalue weighted by Gasteiger charge is 2.23. The number of anilines is 2. The smallest absolute Gasteiger partial charge is 0.342 e. The Morgan fingerprint density at radius 3 is 2.60 bits per heavy atom. The van der Waals surface area contributed by atoms with Crippen molar-refractivity contribution in [1.29, 1.82) is 0 Å². The van der Waals surface area contributed by atoms with Crippen molar-refractivity contribution in [2.45, 2.75) is 6.43 Å². The Hall–Kier alpha value is -1.92. The summed E-state index contributed by atoms with van der Waals surface area (Å²) in [6.45, 7) is 0. The number of rotatable bonds is 2. The molecule has 15 heavy (non-hydrogen) atoms. The van der Waals surface area contributed by atoms with E-state index in [1.165, 1.54) is 0 Å². The van der Waals surface area contributed by atoms with E-state index in [0.29, 0.717) is 0 Å². The maximum Gasteiger partial charge on any atom is 0.342 e. The summed E-state index contributed by atoms with van der Waals surface area (Å²) in [6, 6.07) is 0.896. The van der Waals surface area contributed by atoms with E-state index in [1.807, 2.05) is 0 Å². The number of ether oxygens (including phenoxy) is 1.